The van der Waals surface area contributed by atoms with Gasteiger partial charge in [0.05, 0.1) is 5.69 Å². The Morgan fingerprint density at radius 1 is 0.871 bits per heavy atom. The number of nitrogens with zero attached hydrogens (tertiary/aromatic N) is 1. The third-order valence-corrected chi connectivity index (χ3v) is 6.98. The van der Waals surface area contributed by atoms with Crippen molar-refractivity contribution in [2.24, 2.45) is 11.8 Å². The smallest absolute Gasteiger partial charge is 0.229 e. The summed E-state index contributed by atoms with van der Waals surface area (Å²) < 4.78 is 0. The number of thiazole rings is 1. The van der Waals surface area contributed by atoms with Gasteiger partial charge in [-0.2, -0.15) is 0 Å². The van der Waals surface area contributed by atoms with Crippen LogP contribution in [0.25, 0.3) is 0 Å². The van der Waals surface area contributed by atoms with Crippen LogP contribution in [0.5, 0.6) is 0 Å². The third kappa shape index (κ3) is 4.69. The summed E-state index contributed by atoms with van der Waals surface area (Å²) in [7, 11) is 0. The van der Waals surface area contributed by atoms with Crippen molar-refractivity contribution in [2.45, 2.75) is 31.1 Å². The van der Waals surface area contributed by atoms with E-state index in [0.717, 1.165) is 18.5 Å². The number of hydrogen-bond donors (Lipinski definition) is 2. The fraction of sp³-hybridized carbons (Fsp3) is 0.320. The third-order valence-electron chi connectivity index (χ3n) is 6.17. The van der Waals surface area contributed by atoms with E-state index in [4.69, 9.17) is 0 Å². The van der Waals surface area contributed by atoms with Crippen molar-refractivity contribution in [3.05, 3.63) is 82.9 Å². The summed E-state index contributed by atoms with van der Waals surface area (Å²) in [5, 5.41) is 8.58. The van der Waals surface area contributed by atoms with Crippen molar-refractivity contribution in [1.29, 1.82) is 0 Å². The standard InChI is InChI=1S/C25H25N3O2S/c29-23(21-13-19(21)16-7-3-1-4-8-16)26-12-11-18-15-31-25(27-18)28-24(30)22-14-20(22)17-9-5-2-6-10-17/h1-10,15,19-22H,11-14H2,(H,26,29)(H,27,28,30)/t19-,20+,21+,22+/m0/s1. The van der Waals surface area contributed by atoms with Gasteiger partial charge in [-0.1, -0.05) is 60.7 Å². The molecule has 6 heteroatoms. The molecule has 1 aromatic heterocycles. The van der Waals surface area contributed by atoms with E-state index in [1.165, 1.54) is 22.5 Å². The van der Waals surface area contributed by atoms with Crippen molar-refractivity contribution in [3.63, 3.8) is 0 Å². The summed E-state index contributed by atoms with van der Waals surface area (Å²) in [6, 6.07) is 20.4. The van der Waals surface area contributed by atoms with Crippen molar-refractivity contribution < 1.29 is 9.59 Å². The van der Waals surface area contributed by atoms with Gasteiger partial charge >= 0.3 is 0 Å². The molecule has 31 heavy (non-hydrogen) atoms. The molecule has 5 rings (SSSR count). The monoisotopic (exact) mass is 431 g/mol. The highest BCUT2D eigenvalue weighted by Crippen LogP contribution is 2.48. The maximum Gasteiger partial charge on any atom is 0.229 e. The Kier molecular flexibility index (Phi) is 5.55. The van der Waals surface area contributed by atoms with Gasteiger partial charge in [0, 0.05) is 30.2 Å². The normalized spacial score (nSPS) is 23.7. The van der Waals surface area contributed by atoms with E-state index >= 15 is 0 Å². The molecule has 4 atom stereocenters. The van der Waals surface area contributed by atoms with Crippen molar-refractivity contribution in [1.82, 2.24) is 10.3 Å². The first-order valence-corrected chi connectivity index (χ1v) is 11.7. The van der Waals surface area contributed by atoms with Crippen molar-refractivity contribution in [3.8, 4) is 0 Å². The zero-order chi connectivity index (χ0) is 21.2. The maximum atomic E-state index is 12.5. The lowest BCUT2D eigenvalue weighted by Crippen LogP contribution is -2.27. The maximum absolute atomic E-state index is 12.5. The van der Waals surface area contributed by atoms with Crippen LogP contribution in [0.4, 0.5) is 5.13 Å². The second-order valence-electron chi connectivity index (χ2n) is 8.39. The van der Waals surface area contributed by atoms with Crippen LogP contribution in [0, 0.1) is 11.8 Å². The molecule has 2 aliphatic carbocycles. The van der Waals surface area contributed by atoms with Crippen LogP contribution >= 0.6 is 11.3 Å². The van der Waals surface area contributed by atoms with E-state index in [0.29, 0.717) is 29.9 Å². The van der Waals surface area contributed by atoms with Gasteiger partial charge in [0.25, 0.3) is 0 Å². The second kappa shape index (κ2) is 8.63. The minimum atomic E-state index is 0.0325. The van der Waals surface area contributed by atoms with Crippen LogP contribution in [-0.2, 0) is 16.0 Å². The Labute approximate surface area is 185 Å². The predicted octanol–water partition coefficient (Wildman–Crippen LogP) is 4.35. The van der Waals surface area contributed by atoms with Gasteiger partial charge in [-0.25, -0.2) is 4.98 Å². The quantitative estimate of drug-likeness (QED) is 0.557. The van der Waals surface area contributed by atoms with Gasteiger partial charge in [-0.05, 0) is 35.8 Å². The molecule has 3 aromatic rings. The molecular formula is C25H25N3O2S. The summed E-state index contributed by atoms with van der Waals surface area (Å²) in [6.45, 7) is 0.562. The number of rotatable bonds is 8. The number of carbonyl (C=O) groups is 2. The number of carbonyl (C=O) groups excluding carboxylic acids is 2. The van der Waals surface area contributed by atoms with E-state index in [1.807, 2.05) is 41.8 Å². The van der Waals surface area contributed by atoms with E-state index < -0.39 is 0 Å². The fourth-order valence-corrected chi connectivity index (χ4v) is 4.98. The largest absolute Gasteiger partial charge is 0.355 e. The van der Waals surface area contributed by atoms with Gasteiger partial charge in [0.2, 0.25) is 11.8 Å². The zero-order valence-electron chi connectivity index (χ0n) is 17.2. The van der Waals surface area contributed by atoms with Crippen molar-refractivity contribution >= 4 is 28.3 Å². The summed E-state index contributed by atoms with van der Waals surface area (Å²) in [6.07, 6.45) is 2.48. The van der Waals surface area contributed by atoms with Crippen molar-refractivity contribution in [2.75, 3.05) is 11.9 Å². The van der Waals surface area contributed by atoms with Crippen LogP contribution in [0.3, 0.4) is 0 Å². The number of benzene rings is 2. The number of anilines is 1. The first-order chi connectivity index (χ1) is 15.2. The molecule has 2 amide bonds. The molecule has 2 fully saturated rings. The Morgan fingerprint density at radius 3 is 2.06 bits per heavy atom. The molecule has 0 spiro atoms. The van der Waals surface area contributed by atoms with E-state index in [-0.39, 0.29) is 23.7 Å². The van der Waals surface area contributed by atoms with Gasteiger partial charge < -0.3 is 10.6 Å². The minimum Gasteiger partial charge on any atom is -0.355 e. The number of amides is 2. The van der Waals surface area contributed by atoms with E-state index in [1.54, 1.807) is 0 Å². The van der Waals surface area contributed by atoms with E-state index in [9.17, 15) is 9.59 Å². The molecule has 5 nitrogen and oxygen atoms in total. The Balaban J connectivity index is 1.05. The van der Waals surface area contributed by atoms with Gasteiger partial charge in [0.1, 0.15) is 0 Å². The van der Waals surface area contributed by atoms with Gasteiger partial charge in [-0.3, -0.25) is 9.59 Å². The minimum absolute atomic E-state index is 0.0325. The Bertz CT molecular complexity index is 1070. The molecule has 2 saturated carbocycles. The lowest BCUT2D eigenvalue weighted by atomic mass is 10.1. The van der Waals surface area contributed by atoms with Gasteiger partial charge in [0.15, 0.2) is 5.13 Å². The average molecular weight is 432 g/mol. The first-order valence-electron chi connectivity index (χ1n) is 10.8. The predicted molar refractivity (Wildman–Crippen MR) is 122 cm³/mol. The van der Waals surface area contributed by atoms with Crippen LogP contribution in [0.2, 0.25) is 0 Å². The number of aromatic nitrogens is 1. The highest BCUT2D eigenvalue weighted by atomic mass is 32.1. The molecule has 2 aliphatic rings. The number of hydrogen-bond acceptors (Lipinski definition) is 4. The van der Waals surface area contributed by atoms with Crippen LogP contribution < -0.4 is 10.6 Å². The Hall–Kier alpha value is -2.99. The molecule has 2 N–H and O–H groups in total. The van der Waals surface area contributed by atoms with Crippen LogP contribution in [-0.4, -0.2) is 23.3 Å². The fourth-order valence-electron chi connectivity index (χ4n) is 4.23. The molecule has 0 unspecified atom stereocenters. The summed E-state index contributed by atoms with van der Waals surface area (Å²) in [5.74, 6) is 0.957. The lowest BCUT2D eigenvalue weighted by Gasteiger charge is -2.04. The lowest BCUT2D eigenvalue weighted by molar-refractivity contribution is -0.122. The summed E-state index contributed by atoms with van der Waals surface area (Å²) in [4.78, 5) is 29.4. The topological polar surface area (TPSA) is 71.1 Å². The van der Waals surface area contributed by atoms with Crippen LogP contribution in [0.1, 0.15) is 41.5 Å². The number of nitrogens with one attached hydrogen (secondary N) is 2. The highest BCUT2D eigenvalue weighted by Gasteiger charge is 2.44. The SMILES string of the molecule is O=C(Nc1nc(CCNC(=O)[C@@H]2C[C@H]2c2ccccc2)cs1)[C@@H]1C[C@@H]1c1ccccc1. The molecular weight excluding hydrogens is 406 g/mol. The Morgan fingerprint density at radius 2 is 1.45 bits per heavy atom. The zero-order valence-corrected chi connectivity index (χ0v) is 18.0. The summed E-state index contributed by atoms with van der Waals surface area (Å²) >= 11 is 1.44. The summed E-state index contributed by atoms with van der Waals surface area (Å²) in [5.41, 5.74) is 3.36. The first kappa shape index (κ1) is 19.9. The van der Waals surface area contributed by atoms with E-state index in [2.05, 4.69) is 39.9 Å². The van der Waals surface area contributed by atoms with Crippen LogP contribution in [0.15, 0.2) is 66.0 Å². The molecule has 2 aromatic carbocycles. The average Bonchev–Trinajstić information content (AvgIpc) is 3.72. The second-order valence-corrected chi connectivity index (χ2v) is 9.25. The molecule has 0 aliphatic heterocycles. The molecule has 158 valence electrons. The molecule has 1 heterocycles. The van der Waals surface area contributed by atoms with Gasteiger partial charge in [-0.15, -0.1) is 11.3 Å². The molecule has 0 saturated heterocycles. The molecule has 0 radical (unpaired) electrons. The highest BCUT2D eigenvalue weighted by molar-refractivity contribution is 7.13. The molecule has 0 bridgehead atoms.